The molecule has 4 nitrogen and oxygen atoms in total. The van der Waals surface area contributed by atoms with Crippen LogP contribution in [0.1, 0.15) is 22.7 Å². The fraction of sp³-hybridized carbons (Fsp3) is 0.250. The molecule has 21 heavy (non-hydrogen) atoms. The Balaban J connectivity index is 2.02. The van der Waals surface area contributed by atoms with Gasteiger partial charge in [0.05, 0.1) is 19.8 Å². The zero-order valence-corrected chi connectivity index (χ0v) is 11.7. The van der Waals surface area contributed by atoms with Crippen LogP contribution in [0, 0.1) is 5.82 Å². The van der Waals surface area contributed by atoms with Gasteiger partial charge in [0.15, 0.2) is 11.6 Å². The van der Waals surface area contributed by atoms with Gasteiger partial charge in [0.25, 0.3) is 0 Å². The lowest BCUT2D eigenvalue weighted by Gasteiger charge is -2.19. The Morgan fingerprint density at radius 1 is 1.33 bits per heavy atom. The van der Waals surface area contributed by atoms with E-state index in [1.165, 1.54) is 7.11 Å². The van der Waals surface area contributed by atoms with Crippen molar-refractivity contribution < 1.29 is 13.9 Å². The zero-order chi connectivity index (χ0) is 14.8. The van der Waals surface area contributed by atoms with Crippen molar-refractivity contribution in [1.82, 2.24) is 5.43 Å². The molecule has 5 heteroatoms. The molecule has 0 fully saturated rings. The van der Waals surface area contributed by atoms with Gasteiger partial charge < -0.3 is 9.47 Å². The van der Waals surface area contributed by atoms with Crippen LogP contribution >= 0.6 is 0 Å². The number of ether oxygens (including phenoxy) is 2. The number of hydrogen-bond acceptors (Lipinski definition) is 4. The van der Waals surface area contributed by atoms with E-state index in [1.54, 1.807) is 18.2 Å². The molecule has 0 aromatic heterocycles. The van der Waals surface area contributed by atoms with E-state index in [2.05, 4.69) is 5.43 Å². The highest BCUT2D eigenvalue weighted by Crippen LogP contribution is 2.32. The zero-order valence-electron chi connectivity index (χ0n) is 11.7. The van der Waals surface area contributed by atoms with Crippen molar-refractivity contribution in [2.45, 2.75) is 12.5 Å². The Hall–Kier alpha value is -2.11. The van der Waals surface area contributed by atoms with E-state index in [1.807, 2.05) is 18.2 Å². The third-order valence-corrected chi connectivity index (χ3v) is 3.74. The number of rotatable bonds is 4. The van der Waals surface area contributed by atoms with Gasteiger partial charge in [-0.05, 0) is 23.3 Å². The molecular formula is C16H17FN2O2. The van der Waals surface area contributed by atoms with Crippen molar-refractivity contribution in [2.24, 2.45) is 5.84 Å². The molecule has 110 valence electrons. The molecule has 0 saturated carbocycles. The van der Waals surface area contributed by atoms with Crippen molar-refractivity contribution in [3.05, 3.63) is 58.9 Å². The fourth-order valence-electron chi connectivity index (χ4n) is 2.66. The number of methoxy groups -OCH3 is 1. The van der Waals surface area contributed by atoms with E-state index in [9.17, 15) is 4.39 Å². The largest absolute Gasteiger partial charge is 0.494 e. The van der Waals surface area contributed by atoms with E-state index >= 15 is 0 Å². The molecule has 0 radical (unpaired) electrons. The number of hydrazine groups is 1. The van der Waals surface area contributed by atoms with Crippen LogP contribution in [-0.4, -0.2) is 13.7 Å². The van der Waals surface area contributed by atoms with Gasteiger partial charge in [-0.15, -0.1) is 0 Å². The predicted molar refractivity (Wildman–Crippen MR) is 77.8 cm³/mol. The van der Waals surface area contributed by atoms with E-state index in [0.29, 0.717) is 12.2 Å². The van der Waals surface area contributed by atoms with Gasteiger partial charge in [-0.1, -0.05) is 24.3 Å². The van der Waals surface area contributed by atoms with E-state index in [0.717, 1.165) is 23.3 Å². The van der Waals surface area contributed by atoms with Crippen LogP contribution in [0.3, 0.4) is 0 Å². The van der Waals surface area contributed by atoms with Crippen LogP contribution in [0.25, 0.3) is 0 Å². The molecule has 1 heterocycles. The second-order valence-electron chi connectivity index (χ2n) is 4.93. The molecule has 1 unspecified atom stereocenters. The highest BCUT2D eigenvalue weighted by molar-refractivity contribution is 5.44. The normalized spacial score (nSPS) is 14.4. The molecule has 1 aliphatic heterocycles. The summed E-state index contributed by atoms with van der Waals surface area (Å²) in [6.07, 6.45) is 0.862. The molecule has 2 aromatic carbocycles. The minimum absolute atomic E-state index is 0.206. The highest BCUT2D eigenvalue weighted by atomic mass is 19.1. The SMILES string of the molecule is COc1cccc(C(NN)c2ccc3c(c2)CCO3)c1F. The van der Waals surface area contributed by atoms with Crippen molar-refractivity contribution in [3.63, 3.8) is 0 Å². The molecular weight excluding hydrogens is 271 g/mol. The summed E-state index contributed by atoms with van der Waals surface area (Å²) < 4.78 is 24.9. The minimum atomic E-state index is -0.439. The second kappa shape index (κ2) is 5.71. The average Bonchev–Trinajstić information content (AvgIpc) is 2.97. The van der Waals surface area contributed by atoms with Gasteiger partial charge in [-0.2, -0.15) is 0 Å². The maximum atomic E-state index is 14.4. The Kier molecular flexibility index (Phi) is 3.77. The summed E-state index contributed by atoms with van der Waals surface area (Å²) in [6, 6.07) is 10.4. The summed E-state index contributed by atoms with van der Waals surface area (Å²) in [5.74, 6) is 6.35. The number of nitrogens with one attached hydrogen (secondary N) is 1. The van der Waals surface area contributed by atoms with Crippen LogP contribution in [0.5, 0.6) is 11.5 Å². The Morgan fingerprint density at radius 3 is 2.95 bits per heavy atom. The molecule has 1 aliphatic rings. The van der Waals surface area contributed by atoms with Crippen LogP contribution in [0.2, 0.25) is 0 Å². The first-order chi connectivity index (χ1) is 10.2. The number of benzene rings is 2. The second-order valence-corrected chi connectivity index (χ2v) is 4.93. The smallest absolute Gasteiger partial charge is 0.170 e. The maximum Gasteiger partial charge on any atom is 0.170 e. The van der Waals surface area contributed by atoms with Crippen molar-refractivity contribution in [1.29, 1.82) is 0 Å². The summed E-state index contributed by atoms with van der Waals surface area (Å²) in [5.41, 5.74) is 5.15. The lowest BCUT2D eigenvalue weighted by molar-refractivity contribution is 0.356. The van der Waals surface area contributed by atoms with E-state index < -0.39 is 11.9 Å². The van der Waals surface area contributed by atoms with E-state index in [-0.39, 0.29) is 5.75 Å². The fourth-order valence-corrected chi connectivity index (χ4v) is 2.66. The summed E-state index contributed by atoms with van der Waals surface area (Å²) in [7, 11) is 1.44. The number of nitrogens with two attached hydrogens (primary N) is 1. The summed E-state index contributed by atoms with van der Waals surface area (Å²) in [4.78, 5) is 0. The summed E-state index contributed by atoms with van der Waals surface area (Å²) >= 11 is 0. The van der Waals surface area contributed by atoms with Gasteiger partial charge >= 0.3 is 0 Å². The van der Waals surface area contributed by atoms with Gasteiger partial charge in [0.1, 0.15) is 5.75 Å². The highest BCUT2D eigenvalue weighted by Gasteiger charge is 2.21. The molecule has 0 amide bonds. The first-order valence-corrected chi connectivity index (χ1v) is 6.78. The first-order valence-electron chi connectivity index (χ1n) is 6.78. The molecule has 1 atom stereocenters. The van der Waals surface area contributed by atoms with Crippen LogP contribution in [0.4, 0.5) is 4.39 Å². The third kappa shape index (κ3) is 2.46. The van der Waals surface area contributed by atoms with Crippen molar-refractivity contribution in [3.8, 4) is 11.5 Å². The van der Waals surface area contributed by atoms with Gasteiger partial charge in [0, 0.05) is 12.0 Å². The van der Waals surface area contributed by atoms with Gasteiger partial charge in [0.2, 0.25) is 0 Å². The standard InChI is InChI=1S/C16H17FN2O2/c1-20-14-4-2-3-12(15(14)17)16(19-18)11-5-6-13-10(9-11)7-8-21-13/h2-6,9,16,19H,7-8,18H2,1H3. The Labute approximate surface area is 122 Å². The number of hydrogen-bond donors (Lipinski definition) is 2. The van der Waals surface area contributed by atoms with Crippen LogP contribution in [-0.2, 0) is 6.42 Å². The van der Waals surface area contributed by atoms with Crippen molar-refractivity contribution >= 4 is 0 Å². The van der Waals surface area contributed by atoms with Crippen molar-refractivity contribution in [2.75, 3.05) is 13.7 Å². The van der Waals surface area contributed by atoms with Gasteiger partial charge in [-0.3, -0.25) is 5.84 Å². The monoisotopic (exact) mass is 288 g/mol. The minimum Gasteiger partial charge on any atom is -0.494 e. The summed E-state index contributed by atoms with van der Waals surface area (Å²) in [6.45, 7) is 0.688. The van der Waals surface area contributed by atoms with E-state index in [4.69, 9.17) is 15.3 Å². The molecule has 3 rings (SSSR count). The quantitative estimate of drug-likeness (QED) is 0.669. The third-order valence-electron chi connectivity index (χ3n) is 3.74. The average molecular weight is 288 g/mol. The summed E-state index contributed by atoms with van der Waals surface area (Å²) in [5, 5.41) is 0. The molecule has 2 aromatic rings. The van der Waals surface area contributed by atoms with Crippen LogP contribution in [0.15, 0.2) is 36.4 Å². The lowest BCUT2D eigenvalue weighted by Crippen LogP contribution is -2.29. The Bertz CT molecular complexity index is 661. The Morgan fingerprint density at radius 2 is 2.19 bits per heavy atom. The molecule has 3 N–H and O–H groups in total. The van der Waals surface area contributed by atoms with Gasteiger partial charge in [-0.25, -0.2) is 9.82 Å². The molecule has 0 aliphatic carbocycles. The maximum absolute atomic E-state index is 14.4. The lowest BCUT2D eigenvalue weighted by atomic mass is 9.96. The topological polar surface area (TPSA) is 56.5 Å². The number of halogens is 1. The molecule has 0 bridgehead atoms. The molecule has 0 saturated heterocycles. The molecule has 0 spiro atoms. The first kappa shape index (κ1) is 13.9. The number of fused-ring (bicyclic) bond motifs is 1. The predicted octanol–water partition coefficient (Wildman–Crippen LogP) is 2.32. The van der Waals surface area contributed by atoms with Crippen LogP contribution < -0.4 is 20.7 Å².